The predicted octanol–water partition coefficient (Wildman–Crippen LogP) is 1.69. The lowest BCUT2D eigenvalue weighted by molar-refractivity contribution is 0.214. The molecular formula is C15H27N5. The summed E-state index contributed by atoms with van der Waals surface area (Å²) >= 11 is 0. The number of rotatable bonds is 7. The molecule has 1 aliphatic heterocycles. The van der Waals surface area contributed by atoms with Gasteiger partial charge in [0, 0.05) is 25.3 Å². The van der Waals surface area contributed by atoms with Gasteiger partial charge in [-0.05, 0) is 52.7 Å². The van der Waals surface area contributed by atoms with E-state index in [4.69, 9.17) is 0 Å². The van der Waals surface area contributed by atoms with Crippen LogP contribution in [0.5, 0.6) is 0 Å². The lowest BCUT2D eigenvalue weighted by atomic mass is 10.0. The summed E-state index contributed by atoms with van der Waals surface area (Å²) in [5.74, 6) is 0. The number of hydrogen-bond acceptors (Lipinski definition) is 4. The highest BCUT2D eigenvalue weighted by molar-refractivity contribution is 4.95. The Labute approximate surface area is 122 Å². The van der Waals surface area contributed by atoms with E-state index < -0.39 is 0 Å². The number of nitrogens with zero attached hydrogens (tertiary/aromatic N) is 4. The van der Waals surface area contributed by atoms with E-state index >= 15 is 0 Å². The standard InChI is InChI=1S/C15H27N5/c1-14(2)4-10-19-11-5-15(6-12-19)16-7-3-9-20-13-8-17-18-20/h4,8,13,15-16H,3,5-7,9-12H2,1-2H3. The molecule has 1 N–H and O–H groups in total. The van der Waals surface area contributed by atoms with Gasteiger partial charge in [-0.1, -0.05) is 16.9 Å². The van der Waals surface area contributed by atoms with Crippen molar-refractivity contribution in [3.63, 3.8) is 0 Å². The predicted molar refractivity (Wildman–Crippen MR) is 81.5 cm³/mol. The van der Waals surface area contributed by atoms with Crippen LogP contribution < -0.4 is 5.32 Å². The molecule has 5 nitrogen and oxygen atoms in total. The van der Waals surface area contributed by atoms with Gasteiger partial charge in [-0.25, -0.2) is 0 Å². The van der Waals surface area contributed by atoms with Crippen molar-refractivity contribution in [2.45, 2.75) is 45.7 Å². The van der Waals surface area contributed by atoms with E-state index in [1.165, 1.54) is 31.5 Å². The molecule has 0 atom stereocenters. The molecule has 0 spiro atoms. The highest BCUT2D eigenvalue weighted by atomic mass is 15.4. The first-order valence-corrected chi connectivity index (χ1v) is 7.67. The minimum atomic E-state index is 0.689. The first kappa shape index (κ1) is 15.2. The Morgan fingerprint density at radius 1 is 1.35 bits per heavy atom. The number of hydrogen-bond donors (Lipinski definition) is 1. The smallest absolute Gasteiger partial charge is 0.0692 e. The molecule has 20 heavy (non-hydrogen) atoms. The number of piperidine rings is 1. The summed E-state index contributed by atoms with van der Waals surface area (Å²) in [6, 6.07) is 0.689. The van der Waals surface area contributed by atoms with Gasteiger partial charge in [-0.2, -0.15) is 0 Å². The summed E-state index contributed by atoms with van der Waals surface area (Å²) in [4.78, 5) is 2.54. The average Bonchev–Trinajstić information content (AvgIpc) is 2.96. The van der Waals surface area contributed by atoms with Crippen LogP contribution in [0.2, 0.25) is 0 Å². The maximum atomic E-state index is 3.97. The zero-order valence-electron chi connectivity index (χ0n) is 12.8. The van der Waals surface area contributed by atoms with Crippen molar-refractivity contribution in [1.29, 1.82) is 0 Å². The van der Waals surface area contributed by atoms with Crippen molar-refractivity contribution in [3.8, 4) is 0 Å². The molecule has 0 amide bonds. The molecule has 5 heteroatoms. The van der Waals surface area contributed by atoms with E-state index in [0.29, 0.717) is 6.04 Å². The zero-order valence-corrected chi connectivity index (χ0v) is 12.8. The van der Waals surface area contributed by atoms with Crippen LogP contribution in [-0.2, 0) is 6.54 Å². The molecule has 112 valence electrons. The third-order valence-electron chi connectivity index (χ3n) is 3.81. The SMILES string of the molecule is CC(C)=CCN1CCC(NCCCn2ccnn2)CC1. The molecular weight excluding hydrogens is 250 g/mol. The van der Waals surface area contributed by atoms with Gasteiger partial charge in [0.1, 0.15) is 0 Å². The third kappa shape index (κ3) is 5.43. The summed E-state index contributed by atoms with van der Waals surface area (Å²) in [6.07, 6.45) is 9.62. The van der Waals surface area contributed by atoms with Crippen LogP contribution in [0.1, 0.15) is 33.1 Å². The summed E-state index contributed by atoms with van der Waals surface area (Å²) in [5, 5.41) is 11.4. The second-order valence-corrected chi connectivity index (χ2v) is 5.83. The van der Waals surface area contributed by atoms with E-state index in [-0.39, 0.29) is 0 Å². The Hall–Kier alpha value is -1.20. The summed E-state index contributed by atoms with van der Waals surface area (Å²) < 4.78 is 1.89. The highest BCUT2D eigenvalue weighted by Crippen LogP contribution is 2.10. The monoisotopic (exact) mass is 277 g/mol. The molecule has 0 aliphatic carbocycles. The van der Waals surface area contributed by atoms with Gasteiger partial charge in [0.15, 0.2) is 0 Å². The fourth-order valence-corrected chi connectivity index (χ4v) is 2.53. The normalized spacial score (nSPS) is 17.3. The molecule has 0 unspecified atom stereocenters. The van der Waals surface area contributed by atoms with Crippen molar-refractivity contribution in [3.05, 3.63) is 24.0 Å². The van der Waals surface area contributed by atoms with Gasteiger partial charge in [0.2, 0.25) is 0 Å². The molecule has 1 aliphatic rings. The van der Waals surface area contributed by atoms with Crippen LogP contribution in [0, 0.1) is 0 Å². The van der Waals surface area contributed by atoms with Crippen LogP contribution in [-0.4, -0.2) is 52.1 Å². The lowest BCUT2D eigenvalue weighted by Gasteiger charge is -2.31. The maximum absolute atomic E-state index is 3.97. The van der Waals surface area contributed by atoms with E-state index in [2.05, 4.69) is 40.5 Å². The number of allylic oxidation sites excluding steroid dienone is 1. The first-order valence-electron chi connectivity index (χ1n) is 7.67. The van der Waals surface area contributed by atoms with Crippen molar-refractivity contribution < 1.29 is 0 Å². The van der Waals surface area contributed by atoms with Gasteiger partial charge in [0.25, 0.3) is 0 Å². The number of likely N-dealkylation sites (tertiary alicyclic amines) is 1. The molecule has 0 aromatic carbocycles. The average molecular weight is 277 g/mol. The summed E-state index contributed by atoms with van der Waals surface area (Å²) in [7, 11) is 0. The van der Waals surface area contributed by atoms with E-state index in [1.807, 2.05) is 10.9 Å². The number of nitrogens with one attached hydrogen (secondary N) is 1. The van der Waals surface area contributed by atoms with Gasteiger partial charge in [-0.15, -0.1) is 5.10 Å². The van der Waals surface area contributed by atoms with Crippen molar-refractivity contribution in [2.24, 2.45) is 0 Å². The maximum Gasteiger partial charge on any atom is 0.0692 e. The Morgan fingerprint density at radius 3 is 2.80 bits per heavy atom. The van der Waals surface area contributed by atoms with Gasteiger partial charge >= 0.3 is 0 Å². The zero-order chi connectivity index (χ0) is 14.2. The third-order valence-corrected chi connectivity index (χ3v) is 3.81. The molecule has 2 rings (SSSR count). The largest absolute Gasteiger partial charge is 0.314 e. The van der Waals surface area contributed by atoms with E-state index in [1.54, 1.807) is 6.20 Å². The molecule has 0 saturated carbocycles. The van der Waals surface area contributed by atoms with Crippen LogP contribution in [0.25, 0.3) is 0 Å². The lowest BCUT2D eigenvalue weighted by Crippen LogP contribution is -2.42. The number of aromatic nitrogens is 3. The van der Waals surface area contributed by atoms with Crippen LogP contribution in [0.3, 0.4) is 0 Å². The van der Waals surface area contributed by atoms with Gasteiger partial charge in [0.05, 0.1) is 6.20 Å². The Morgan fingerprint density at radius 2 is 2.15 bits per heavy atom. The quantitative estimate of drug-likeness (QED) is 0.608. The molecule has 1 saturated heterocycles. The second kappa shape index (κ2) is 8.17. The molecule has 1 fully saturated rings. The summed E-state index contributed by atoms with van der Waals surface area (Å²) in [6.45, 7) is 9.90. The Balaban J connectivity index is 1.54. The molecule has 1 aromatic heterocycles. The van der Waals surface area contributed by atoms with Gasteiger partial charge in [-0.3, -0.25) is 9.58 Å². The topological polar surface area (TPSA) is 46.0 Å². The Kier molecular flexibility index (Phi) is 6.21. The minimum absolute atomic E-state index is 0.689. The van der Waals surface area contributed by atoms with E-state index in [9.17, 15) is 0 Å². The molecule has 0 radical (unpaired) electrons. The van der Waals surface area contributed by atoms with Crippen LogP contribution in [0.4, 0.5) is 0 Å². The fourth-order valence-electron chi connectivity index (χ4n) is 2.53. The van der Waals surface area contributed by atoms with Crippen molar-refractivity contribution in [1.82, 2.24) is 25.2 Å². The highest BCUT2D eigenvalue weighted by Gasteiger charge is 2.17. The molecule has 0 bridgehead atoms. The molecule has 2 heterocycles. The minimum Gasteiger partial charge on any atom is -0.314 e. The van der Waals surface area contributed by atoms with Crippen LogP contribution >= 0.6 is 0 Å². The first-order chi connectivity index (χ1) is 9.74. The Bertz CT molecular complexity index is 386. The number of aryl methyl sites for hydroxylation is 1. The van der Waals surface area contributed by atoms with Crippen molar-refractivity contribution in [2.75, 3.05) is 26.2 Å². The summed E-state index contributed by atoms with van der Waals surface area (Å²) in [5.41, 5.74) is 1.42. The van der Waals surface area contributed by atoms with Crippen molar-refractivity contribution >= 4 is 0 Å². The van der Waals surface area contributed by atoms with Crippen LogP contribution in [0.15, 0.2) is 24.0 Å². The fraction of sp³-hybridized carbons (Fsp3) is 0.733. The van der Waals surface area contributed by atoms with Gasteiger partial charge < -0.3 is 5.32 Å². The second-order valence-electron chi connectivity index (χ2n) is 5.83. The molecule has 1 aromatic rings. The van der Waals surface area contributed by atoms with E-state index in [0.717, 1.165) is 26.1 Å².